The Kier molecular flexibility index (Phi) is 6.49. The zero-order valence-electron chi connectivity index (χ0n) is 16.4. The molecule has 2 aromatic carbocycles. The van der Waals surface area contributed by atoms with Gasteiger partial charge in [-0.25, -0.2) is 0 Å². The fourth-order valence-corrected chi connectivity index (χ4v) is 3.30. The van der Waals surface area contributed by atoms with E-state index >= 15 is 0 Å². The SMILES string of the molecule is CCC(=O)c1ccc(OCC(=O)Nc2cc(C(N)=O)ccc2N2CCCC2)cc1. The van der Waals surface area contributed by atoms with Crippen LogP contribution in [0.25, 0.3) is 0 Å². The normalized spacial score (nSPS) is 13.2. The van der Waals surface area contributed by atoms with Crippen LogP contribution in [0.15, 0.2) is 42.5 Å². The molecule has 0 unspecified atom stereocenters. The maximum Gasteiger partial charge on any atom is 0.262 e. The Morgan fingerprint density at radius 3 is 2.31 bits per heavy atom. The summed E-state index contributed by atoms with van der Waals surface area (Å²) in [6, 6.07) is 11.8. The summed E-state index contributed by atoms with van der Waals surface area (Å²) in [5, 5.41) is 2.82. The number of carbonyl (C=O) groups is 3. The predicted molar refractivity (Wildman–Crippen MR) is 112 cm³/mol. The maximum absolute atomic E-state index is 12.4. The highest BCUT2D eigenvalue weighted by Gasteiger charge is 2.18. The number of hydrogen-bond donors (Lipinski definition) is 2. The first-order chi connectivity index (χ1) is 14.0. The van der Waals surface area contributed by atoms with Gasteiger partial charge in [-0.3, -0.25) is 14.4 Å². The Balaban J connectivity index is 1.67. The number of ether oxygens (including phenoxy) is 1. The van der Waals surface area contributed by atoms with Gasteiger partial charge in [-0.05, 0) is 55.3 Å². The van der Waals surface area contributed by atoms with Crippen molar-refractivity contribution in [3.8, 4) is 5.75 Å². The number of Topliss-reactive ketones (excluding diaryl/α,β-unsaturated/α-hetero) is 1. The molecule has 3 rings (SSSR count). The number of hydrogen-bond acceptors (Lipinski definition) is 5. The number of ketones is 1. The number of amides is 2. The molecule has 1 heterocycles. The summed E-state index contributed by atoms with van der Waals surface area (Å²) in [4.78, 5) is 37.8. The fourth-order valence-electron chi connectivity index (χ4n) is 3.30. The van der Waals surface area contributed by atoms with Crippen molar-refractivity contribution >= 4 is 29.0 Å². The highest BCUT2D eigenvalue weighted by atomic mass is 16.5. The van der Waals surface area contributed by atoms with E-state index in [1.807, 2.05) is 6.07 Å². The lowest BCUT2D eigenvalue weighted by Crippen LogP contribution is -2.24. The summed E-state index contributed by atoms with van der Waals surface area (Å²) >= 11 is 0. The van der Waals surface area contributed by atoms with Crippen molar-refractivity contribution in [2.24, 2.45) is 5.73 Å². The molecule has 1 fully saturated rings. The molecule has 0 saturated carbocycles. The van der Waals surface area contributed by atoms with E-state index in [0.29, 0.717) is 29.0 Å². The van der Waals surface area contributed by atoms with Gasteiger partial charge in [0.25, 0.3) is 5.91 Å². The minimum absolute atomic E-state index is 0.0538. The highest BCUT2D eigenvalue weighted by molar-refractivity contribution is 6.00. The fraction of sp³-hybridized carbons (Fsp3) is 0.318. The maximum atomic E-state index is 12.4. The number of anilines is 2. The van der Waals surface area contributed by atoms with Crippen LogP contribution < -0.4 is 20.7 Å². The molecule has 0 atom stereocenters. The monoisotopic (exact) mass is 395 g/mol. The number of rotatable bonds is 8. The minimum Gasteiger partial charge on any atom is -0.484 e. The third kappa shape index (κ3) is 5.13. The lowest BCUT2D eigenvalue weighted by atomic mass is 10.1. The summed E-state index contributed by atoms with van der Waals surface area (Å²) < 4.78 is 5.52. The van der Waals surface area contributed by atoms with Gasteiger partial charge in [0.05, 0.1) is 11.4 Å². The van der Waals surface area contributed by atoms with Crippen LogP contribution in [0.2, 0.25) is 0 Å². The van der Waals surface area contributed by atoms with E-state index in [1.165, 1.54) is 0 Å². The van der Waals surface area contributed by atoms with Gasteiger partial charge in [0.15, 0.2) is 12.4 Å². The molecule has 152 valence electrons. The second-order valence-corrected chi connectivity index (χ2v) is 6.93. The third-order valence-corrected chi connectivity index (χ3v) is 4.87. The molecule has 1 saturated heterocycles. The second kappa shape index (κ2) is 9.23. The van der Waals surface area contributed by atoms with E-state index in [4.69, 9.17) is 10.5 Å². The third-order valence-electron chi connectivity index (χ3n) is 4.87. The van der Waals surface area contributed by atoms with Gasteiger partial charge in [0.1, 0.15) is 5.75 Å². The zero-order chi connectivity index (χ0) is 20.8. The highest BCUT2D eigenvalue weighted by Crippen LogP contribution is 2.30. The number of nitrogens with zero attached hydrogens (tertiary/aromatic N) is 1. The van der Waals surface area contributed by atoms with Crippen LogP contribution in [-0.4, -0.2) is 37.3 Å². The number of nitrogens with one attached hydrogen (secondary N) is 1. The van der Waals surface area contributed by atoms with Gasteiger partial charge in [0, 0.05) is 30.6 Å². The first kappa shape index (κ1) is 20.4. The van der Waals surface area contributed by atoms with Crippen LogP contribution in [-0.2, 0) is 4.79 Å². The second-order valence-electron chi connectivity index (χ2n) is 6.93. The summed E-state index contributed by atoms with van der Waals surface area (Å²) in [5.41, 5.74) is 7.74. The molecule has 3 N–H and O–H groups in total. The van der Waals surface area contributed by atoms with Crippen LogP contribution in [0.3, 0.4) is 0 Å². The van der Waals surface area contributed by atoms with Crippen LogP contribution in [0.1, 0.15) is 46.9 Å². The van der Waals surface area contributed by atoms with Crippen LogP contribution in [0.5, 0.6) is 5.75 Å². The Hall–Kier alpha value is -3.35. The Morgan fingerprint density at radius 1 is 1.03 bits per heavy atom. The van der Waals surface area contributed by atoms with Crippen molar-refractivity contribution in [1.29, 1.82) is 0 Å². The van der Waals surface area contributed by atoms with Crippen molar-refractivity contribution in [3.63, 3.8) is 0 Å². The molecule has 1 aliphatic rings. The molecule has 2 aromatic rings. The standard InChI is InChI=1S/C22H25N3O4/c1-2-20(26)15-5-8-17(9-6-15)29-14-21(27)24-18-13-16(22(23)28)7-10-19(18)25-11-3-4-12-25/h5-10,13H,2-4,11-12,14H2,1H3,(H2,23,28)(H,24,27). The average Bonchev–Trinajstić information content (AvgIpc) is 3.26. The number of benzene rings is 2. The molecular weight excluding hydrogens is 370 g/mol. The molecule has 0 bridgehead atoms. The van der Waals surface area contributed by atoms with Crippen LogP contribution in [0, 0.1) is 0 Å². The molecule has 0 radical (unpaired) electrons. The Bertz CT molecular complexity index is 903. The van der Waals surface area contributed by atoms with E-state index in [0.717, 1.165) is 31.6 Å². The van der Waals surface area contributed by atoms with Gasteiger partial charge in [-0.2, -0.15) is 0 Å². The minimum atomic E-state index is -0.550. The van der Waals surface area contributed by atoms with Gasteiger partial charge >= 0.3 is 0 Å². The summed E-state index contributed by atoms with van der Waals surface area (Å²) in [5.74, 6) is -0.344. The van der Waals surface area contributed by atoms with E-state index in [2.05, 4.69) is 10.2 Å². The van der Waals surface area contributed by atoms with Crippen molar-refractivity contribution in [2.45, 2.75) is 26.2 Å². The number of primary amides is 1. The van der Waals surface area contributed by atoms with Crippen molar-refractivity contribution in [2.75, 3.05) is 29.9 Å². The van der Waals surface area contributed by atoms with Crippen molar-refractivity contribution in [3.05, 3.63) is 53.6 Å². The van der Waals surface area contributed by atoms with E-state index < -0.39 is 5.91 Å². The molecule has 7 heteroatoms. The summed E-state index contributed by atoms with van der Waals surface area (Å²) in [7, 11) is 0. The topological polar surface area (TPSA) is 102 Å². The predicted octanol–water partition coefficient (Wildman–Crippen LogP) is 3.00. The zero-order valence-corrected chi connectivity index (χ0v) is 16.4. The van der Waals surface area contributed by atoms with E-state index in [1.54, 1.807) is 43.3 Å². The number of carbonyl (C=O) groups excluding carboxylic acids is 3. The summed E-state index contributed by atoms with van der Waals surface area (Å²) in [6.45, 7) is 3.41. The summed E-state index contributed by atoms with van der Waals surface area (Å²) in [6.07, 6.45) is 2.61. The van der Waals surface area contributed by atoms with Gasteiger partial charge in [-0.1, -0.05) is 6.92 Å². The quantitative estimate of drug-likeness (QED) is 0.669. The molecular formula is C22H25N3O4. The molecule has 0 aliphatic carbocycles. The number of nitrogens with two attached hydrogens (primary N) is 1. The van der Waals surface area contributed by atoms with Gasteiger partial charge in [0.2, 0.25) is 5.91 Å². The van der Waals surface area contributed by atoms with E-state index in [-0.39, 0.29) is 18.3 Å². The van der Waals surface area contributed by atoms with Crippen molar-refractivity contribution < 1.29 is 19.1 Å². The van der Waals surface area contributed by atoms with Crippen LogP contribution in [0.4, 0.5) is 11.4 Å². The first-order valence-corrected chi connectivity index (χ1v) is 9.72. The van der Waals surface area contributed by atoms with Gasteiger partial charge in [-0.15, -0.1) is 0 Å². The average molecular weight is 395 g/mol. The molecule has 0 aromatic heterocycles. The smallest absolute Gasteiger partial charge is 0.262 e. The van der Waals surface area contributed by atoms with Crippen molar-refractivity contribution in [1.82, 2.24) is 0 Å². The molecule has 0 spiro atoms. The lowest BCUT2D eigenvalue weighted by Gasteiger charge is -2.22. The molecule has 2 amide bonds. The van der Waals surface area contributed by atoms with Gasteiger partial charge < -0.3 is 20.7 Å². The molecule has 1 aliphatic heterocycles. The molecule has 29 heavy (non-hydrogen) atoms. The lowest BCUT2D eigenvalue weighted by molar-refractivity contribution is -0.118. The Labute approximate surface area is 169 Å². The molecule has 7 nitrogen and oxygen atoms in total. The largest absolute Gasteiger partial charge is 0.484 e. The Morgan fingerprint density at radius 2 is 1.69 bits per heavy atom. The van der Waals surface area contributed by atoms with Crippen LogP contribution >= 0.6 is 0 Å². The van der Waals surface area contributed by atoms with E-state index in [9.17, 15) is 14.4 Å². The first-order valence-electron chi connectivity index (χ1n) is 9.72.